The molecule has 2 heterocycles. The summed E-state index contributed by atoms with van der Waals surface area (Å²) in [7, 11) is 0. The van der Waals surface area contributed by atoms with Crippen molar-refractivity contribution in [3.63, 3.8) is 0 Å². The number of aromatic nitrogens is 2. The van der Waals surface area contributed by atoms with E-state index in [1.807, 2.05) is 39.1 Å². The minimum atomic E-state index is 0.0465. The van der Waals surface area contributed by atoms with Crippen LogP contribution in [0.3, 0.4) is 0 Å². The van der Waals surface area contributed by atoms with Crippen molar-refractivity contribution in [1.29, 1.82) is 5.26 Å². The summed E-state index contributed by atoms with van der Waals surface area (Å²) in [4.78, 5) is 4.31. The van der Waals surface area contributed by atoms with Gasteiger partial charge in [-0.3, -0.25) is 4.98 Å². The number of pyridine rings is 1. The first-order valence-corrected chi connectivity index (χ1v) is 8.92. The van der Waals surface area contributed by atoms with E-state index in [4.69, 9.17) is 12.2 Å². The van der Waals surface area contributed by atoms with E-state index in [-0.39, 0.29) is 12.5 Å². The molecule has 27 heavy (non-hydrogen) atoms. The molecule has 1 aromatic carbocycles. The molecular formula is C23H22N3O. The summed E-state index contributed by atoms with van der Waals surface area (Å²) in [5.74, 6) is 0.0465. The highest BCUT2D eigenvalue weighted by atomic mass is 16.3. The lowest BCUT2D eigenvalue weighted by atomic mass is 10.0. The van der Waals surface area contributed by atoms with Crippen LogP contribution in [0.15, 0.2) is 42.7 Å². The number of nitrogens with zero attached hydrogens (tertiary/aromatic N) is 3. The van der Waals surface area contributed by atoms with E-state index >= 15 is 0 Å². The second kappa shape index (κ2) is 7.77. The van der Waals surface area contributed by atoms with Crippen molar-refractivity contribution >= 4 is 0 Å². The second-order valence-electron chi connectivity index (χ2n) is 6.91. The minimum Gasteiger partial charge on any atom is -0.396 e. The molecule has 1 unspecified atom stereocenters. The minimum absolute atomic E-state index is 0.0465. The van der Waals surface area contributed by atoms with E-state index in [1.54, 1.807) is 18.3 Å². The van der Waals surface area contributed by atoms with Gasteiger partial charge in [0.2, 0.25) is 0 Å². The van der Waals surface area contributed by atoms with Crippen LogP contribution in [-0.4, -0.2) is 21.3 Å². The maximum Gasteiger partial charge on any atom is 0.0991 e. The summed E-state index contributed by atoms with van der Waals surface area (Å²) < 4.78 is 2.13. The fraction of sp³-hybridized carbons (Fsp3) is 0.261. The molecule has 4 nitrogen and oxygen atoms in total. The predicted octanol–water partition coefficient (Wildman–Crippen LogP) is 4.12. The molecule has 0 amide bonds. The lowest BCUT2D eigenvalue weighted by Gasteiger charge is -2.13. The van der Waals surface area contributed by atoms with Crippen molar-refractivity contribution in [2.75, 3.05) is 6.61 Å². The van der Waals surface area contributed by atoms with Crippen LogP contribution >= 0.6 is 0 Å². The first-order chi connectivity index (χ1) is 13.0. The lowest BCUT2D eigenvalue weighted by molar-refractivity contribution is 0.273. The van der Waals surface area contributed by atoms with Gasteiger partial charge in [-0.05, 0) is 48.2 Å². The fourth-order valence-corrected chi connectivity index (χ4v) is 3.34. The Balaban J connectivity index is 1.99. The van der Waals surface area contributed by atoms with Gasteiger partial charge >= 0.3 is 0 Å². The van der Waals surface area contributed by atoms with Gasteiger partial charge in [-0.25, -0.2) is 0 Å². The fourth-order valence-electron chi connectivity index (χ4n) is 3.34. The van der Waals surface area contributed by atoms with Crippen LogP contribution in [0.25, 0.3) is 11.1 Å². The van der Waals surface area contributed by atoms with Gasteiger partial charge in [0, 0.05) is 55.3 Å². The van der Waals surface area contributed by atoms with Gasteiger partial charge in [-0.2, -0.15) is 5.26 Å². The van der Waals surface area contributed by atoms with Gasteiger partial charge in [0.05, 0.1) is 11.6 Å². The number of benzene rings is 1. The van der Waals surface area contributed by atoms with Crippen LogP contribution in [-0.2, 0) is 6.54 Å². The molecule has 3 radical (unpaired) electrons. The number of rotatable bonds is 5. The van der Waals surface area contributed by atoms with Crippen LogP contribution in [0.1, 0.15) is 46.5 Å². The summed E-state index contributed by atoms with van der Waals surface area (Å²) in [5.41, 5.74) is 6.92. The summed E-state index contributed by atoms with van der Waals surface area (Å²) in [5, 5.41) is 18.4. The van der Waals surface area contributed by atoms with Crippen molar-refractivity contribution in [2.45, 2.75) is 33.2 Å². The molecular weight excluding hydrogens is 334 g/mol. The van der Waals surface area contributed by atoms with Crippen LogP contribution in [0.5, 0.6) is 0 Å². The molecule has 0 saturated heterocycles. The van der Waals surface area contributed by atoms with Gasteiger partial charge in [0.1, 0.15) is 0 Å². The summed E-state index contributed by atoms with van der Waals surface area (Å²) in [6.45, 7) is 15.2. The highest BCUT2D eigenvalue weighted by molar-refractivity contribution is 5.73. The summed E-state index contributed by atoms with van der Waals surface area (Å²) in [6.07, 6.45) is 3.62. The first-order valence-electron chi connectivity index (χ1n) is 8.92. The molecule has 1 atom stereocenters. The predicted molar refractivity (Wildman–Crippen MR) is 105 cm³/mol. The molecule has 3 aromatic rings. The first kappa shape index (κ1) is 18.9. The van der Waals surface area contributed by atoms with Crippen LogP contribution in [0, 0.1) is 32.1 Å². The Labute approximate surface area is 160 Å². The molecule has 0 aliphatic rings. The lowest BCUT2D eigenvalue weighted by Crippen LogP contribution is -2.06. The van der Waals surface area contributed by atoms with Crippen LogP contribution < -0.4 is 0 Å². The molecule has 4 heteroatoms. The molecule has 3 rings (SSSR count). The Hall–Kier alpha value is -2.90. The number of aliphatic hydroxyl groups is 1. The molecule has 0 fully saturated rings. The monoisotopic (exact) mass is 356 g/mol. The smallest absolute Gasteiger partial charge is 0.0991 e. The van der Waals surface area contributed by atoms with Crippen molar-refractivity contribution in [2.24, 2.45) is 0 Å². The Bertz CT molecular complexity index is 994. The van der Waals surface area contributed by atoms with Gasteiger partial charge < -0.3 is 9.67 Å². The SMILES string of the molecule is [C]c1c(-c2ccc(C#N)cc2)c(C)n(Cc2cncc(C(C)CO)c2)c1C. The topological polar surface area (TPSA) is 61.8 Å². The average Bonchev–Trinajstić information content (AvgIpc) is 2.91. The van der Waals surface area contributed by atoms with Gasteiger partial charge in [0.15, 0.2) is 0 Å². The Kier molecular flexibility index (Phi) is 5.43. The van der Waals surface area contributed by atoms with E-state index in [9.17, 15) is 5.11 Å². The quantitative estimate of drug-likeness (QED) is 0.748. The molecule has 0 aliphatic carbocycles. The standard InChI is InChI=1S/C23H22N3O/c1-15(14-27)22-9-20(11-25-12-22)13-26-17(3)16(2)23(18(26)4)21-7-5-19(10-24)6-8-21/h5-9,11-12,15,27H,13-14H2,1,3-4H3. The highest BCUT2D eigenvalue weighted by Crippen LogP contribution is 2.32. The third-order valence-electron chi connectivity index (χ3n) is 5.09. The third kappa shape index (κ3) is 3.65. The zero-order valence-corrected chi connectivity index (χ0v) is 15.8. The van der Waals surface area contributed by atoms with Gasteiger partial charge in [0.25, 0.3) is 0 Å². The normalized spacial score (nSPS) is 12.0. The average molecular weight is 356 g/mol. The molecule has 0 saturated carbocycles. The molecule has 1 N–H and O–H groups in total. The second-order valence-corrected chi connectivity index (χ2v) is 6.91. The number of hydrogen-bond acceptors (Lipinski definition) is 3. The van der Waals surface area contributed by atoms with E-state index in [0.29, 0.717) is 17.7 Å². The Morgan fingerprint density at radius 2 is 1.89 bits per heavy atom. The maximum absolute atomic E-state index is 9.38. The largest absolute Gasteiger partial charge is 0.396 e. The van der Waals surface area contributed by atoms with E-state index in [1.165, 1.54) is 0 Å². The molecule has 0 aliphatic heterocycles. The van der Waals surface area contributed by atoms with Gasteiger partial charge in [-0.1, -0.05) is 25.1 Å². The molecule has 2 aromatic heterocycles. The number of hydrogen-bond donors (Lipinski definition) is 1. The van der Waals surface area contributed by atoms with Crippen LogP contribution in [0.4, 0.5) is 0 Å². The molecule has 135 valence electrons. The van der Waals surface area contributed by atoms with Crippen molar-refractivity contribution < 1.29 is 5.11 Å². The Morgan fingerprint density at radius 3 is 2.52 bits per heavy atom. The summed E-state index contributed by atoms with van der Waals surface area (Å²) in [6, 6.07) is 11.6. The number of nitriles is 1. The number of aliphatic hydroxyl groups excluding tert-OH is 1. The van der Waals surface area contributed by atoms with Gasteiger partial charge in [-0.15, -0.1) is 0 Å². The van der Waals surface area contributed by atoms with Crippen LogP contribution in [0.2, 0.25) is 0 Å². The zero-order valence-electron chi connectivity index (χ0n) is 15.8. The highest BCUT2D eigenvalue weighted by Gasteiger charge is 2.17. The summed E-state index contributed by atoms with van der Waals surface area (Å²) >= 11 is 0. The maximum atomic E-state index is 9.38. The Morgan fingerprint density at radius 1 is 1.19 bits per heavy atom. The van der Waals surface area contributed by atoms with Crippen molar-refractivity contribution in [1.82, 2.24) is 9.55 Å². The van der Waals surface area contributed by atoms with Crippen molar-refractivity contribution in [3.05, 3.63) is 83.3 Å². The zero-order chi connectivity index (χ0) is 19.6. The van der Waals surface area contributed by atoms with E-state index in [0.717, 1.165) is 33.6 Å². The van der Waals surface area contributed by atoms with E-state index in [2.05, 4.69) is 21.7 Å². The van der Waals surface area contributed by atoms with E-state index < -0.39 is 0 Å². The molecule has 0 spiro atoms. The third-order valence-corrected chi connectivity index (χ3v) is 5.09. The molecule has 0 bridgehead atoms. The van der Waals surface area contributed by atoms with Crippen molar-refractivity contribution in [3.8, 4) is 17.2 Å².